The van der Waals surface area contributed by atoms with E-state index in [4.69, 9.17) is 0 Å². The maximum atomic E-state index is 12.2. The minimum atomic E-state index is -0.889. The number of carbonyl (C=O) groups is 6. The molecular weight excluding hydrogens is 360 g/mol. The van der Waals surface area contributed by atoms with E-state index in [1.807, 2.05) is 27.7 Å². The van der Waals surface area contributed by atoms with Crippen LogP contribution >= 0.6 is 0 Å². The van der Waals surface area contributed by atoms with Crippen LogP contribution in [0.3, 0.4) is 0 Å². The van der Waals surface area contributed by atoms with E-state index in [9.17, 15) is 28.8 Å². The Bertz CT molecular complexity index is 590. The van der Waals surface area contributed by atoms with Crippen LogP contribution in [0.5, 0.6) is 0 Å². The highest BCUT2D eigenvalue weighted by Crippen LogP contribution is 2.38. The molecule has 1 rings (SSSR count). The van der Waals surface area contributed by atoms with Crippen molar-refractivity contribution in [1.82, 2.24) is 0 Å². The summed E-state index contributed by atoms with van der Waals surface area (Å²) in [5.41, 5.74) is 0. The molecule has 4 atom stereocenters. The third kappa shape index (κ3) is 7.95. The lowest BCUT2D eigenvalue weighted by Crippen LogP contribution is -2.37. The fourth-order valence-electron chi connectivity index (χ4n) is 3.27. The molecule has 0 saturated heterocycles. The van der Waals surface area contributed by atoms with Gasteiger partial charge in [-0.1, -0.05) is 48.5 Å². The second kappa shape index (κ2) is 14.1. The summed E-state index contributed by atoms with van der Waals surface area (Å²) >= 11 is 0. The van der Waals surface area contributed by atoms with E-state index >= 15 is 0 Å². The minimum absolute atomic E-state index is 0.221. The fraction of sp³-hybridized carbons (Fsp3) is 0.727. The summed E-state index contributed by atoms with van der Waals surface area (Å²) < 4.78 is 0. The van der Waals surface area contributed by atoms with E-state index in [0.29, 0.717) is 0 Å². The Kier molecular flexibility index (Phi) is 14.2. The Balaban J connectivity index is 0. The van der Waals surface area contributed by atoms with E-state index in [2.05, 4.69) is 0 Å². The van der Waals surface area contributed by atoms with E-state index < -0.39 is 29.5 Å². The van der Waals surface area contributed by atoms with Gasteiger partial charge in [-0.2, -0.15) is 0 Å². The normalized spacial score (nSPS) is 20.1. The van der Waals surface area contributed by atoms with Gasteiger partial charge in [-0.25, -0.2) is 0 Å². The summed E-state index contributed by atoms with van der Waals surface area (Å²) in [5.74, 6) is -5.41. The predicted molar refractivity (Wildman–Crippen MR) is 108 cm³/mol. The maximum absolute atomic E-state index is 12.2. The first-order valence-electron chi connectivity index (χ1n) is 10.2. The van der Waals surface area contributed by atoms with Gasteiger partial charge in [0.05, 0.1) is 19.3 Å². The highest BCUT2D eigenvalue weighted by atomic mass is 16.2. The zero-order valence-electron chi connectivity index (χ0n) is 18.6. The molecule has 0 radical (unpaired) electrons. The van der Waals surface area contributed by atoms with Crippen molar-refractivity contribution in [3.8, 4) is 0 Å². The average molecular weight is 397 g/mol. The topological polar surface area (TPSA) is 102 Å². The molecule has 6 heteroatoms. The summed E-state index contributed by atoms with van der Waals surface area (Å²) in [6.07, 6.45) is -0.625. The molecule has 6 nitrogen and oxygen atoms in total. The van der Waals surface area contributed by atoms with Crippen molar-refractivity contribution < 1.29 is 28.8 Å². The van der Waals surface area contributed by atoms with Crippen LogP contribution in [0, 0.1) is 23.7 Å². The first-order valence-corrected chi connectivity index (χ1v) is 10.2. The number of hydrogen-bond donors (Lipinski definition) is 0. The number of ketones is 6. The monoisotopic (exact) mass is 396 g/mol. The quantitative estimate of drug-likeness (QED) is 0.552. The van der Waals surface area contributed by atoms with E-state index in [1.165, 1.54) is 20.8 Å². The molecule has 0 spiro atoms. The Hall–Kier alpha value is -1.98. The molecule has 28 heavy (non-hydrogen) atoms. The standard InChI is InChI=1S/C18H24O6.2C2H6/c1-5-12(20)7-14(22)11(4)18-16(24)8-15(23)17(18)10(3)13(21)6-9(2)19;2*1-2/h10-11,17-18H,5-8H2,1-4H3;2*1-2H3. The fourth-order valence-corrected chi connectivity index (χ4v) is 3.27. The average Bonchev–Trinajstić information content (AvgIpc) is 2.96. The Labute approximate surface area is 168 Å². The van der Waals surface area contributed by atoms with Gasteiger partial charge in [-0.3, -0.25) is 28.8 Å². The van der Waals surface area contributed by atoms with Crippen molar-refractivity contribution in [2.24, 2.45) is 23.7 Å². The van der Waals surface area contributed by atoms with Crippen LogP contribution < -0.4 is 0 Å². The molecule has 1 aliphatic rings. The van der Waals surface area contributed by atoms with Gasteiger partial charge < -0.3 is 0 Å². The zero-order valence-corrected chi connectivity index (χ0v) is 18.6. The molecular formula is C22H36O6. The largest absolute Gasteiger partial charge is 0.300 e. The lowest BCUT2D eigenvalue weighted by Gasteiger charge is -2.26. The predicted octanol–water partition coefficient (Wildman–Crippen LogP) is 3.57. The van der Waals surface area contributed by atoms with Crippen LogP contribution in [0.4, 0.5) is 0 Å². The molecule has 0 aliphatic heterocycles. The summed E-state index contributed by atoms with van der Waals surface area (Å²) in [6.45, 7) is 14.0. The lowest BCUT2D eigenvalue weighted by atomic mass is 9.73. The SMILES string of the molecule is CC.CC.CCC(=O)CC(=O)C(C)C1C(=O)CC(=O)C1C(C)C(=O)CC(C)=O. The van der Waals surface area contributed by atoms with Gasteiger partial charge in [0.2, 0.25) is 0 Å². The van der Waals surface area contributed by atoms with Crippen LogP contribution in [-0.2, 0) is 28.8 Å². The molecule has 1 fully saturated rings. The Morgan fingerprint density at radius 1 is 0.821 bits per heavy atom. The maximum Gasteiger partial charge on any atom is 0.144 e. The Morgan fingerprint density at radius 2 is 1.18 bits per heavy atom. The van der Waals surface area contributed by atoms with Crippen LogP contribution in [0.15, 0.2) is 0 Å². The highest BCUT2D eigenvalue weighted by molar-refractivity contribution is 6.13. The molecule has 0 amide bonds. The van der Waals surface area contributed by atoms with Crippen LogP contribution in [0.25, 0.3) is 0 Å². The van der Waals surface area contributed by atoms with E-state index in [0.717, 1.165) is 0 Å². The lowest BCUT2D eigenvalue weighted by molar-refractivity contribution is -0.138. The molecule has 0 bridgehead atoms. The molecule has 0 aromatic carbocycles. The highest BCUT2D eigenvalue weighted by Gasteiger charge is 2.49. The third-order valence-electron chi connectivity index (χ3n) is 4.76. The molecule has 160 valence electrons. The summed E-state index contributed by atoms with van der Waals surface area (Å²) in [5, 5.41) is 0. The zero-order chi connectivity index (χ0) is 22.6. The third-order valence-corrected chi connectivity index (χ3v) is 4.76. The van der Waals surface area contributed by atoms with Crippen LogP contribution in [0.1, 0.15) is 81.1 Å². The van der Waals surface area contributed by atoms with Crippen molar-refractivity contribution in [3.63, 3.8) is 0 Å². The smallest absolute Gasteiger partial charge is 0.144 e. The molecule has 4 unspecified atom stereocenters. The number of carbonyl (C=O) groups excluding carboxylic acids is 6. The summed E-state index contributed by atoms with van der Waals surface area (Å²) in [4.78, 5) is 71.4. The van der Waals surface area contributed by atoms with Crippen LogP contribution in [-0.4, -0.2) is 34.7 Å². The molecule has 0 aromatic heterocycles. The number of rotatable bonds is 9. The Morgan fingerprint density at radius 3 is 1.50 bits per heavy atom. The first-order chi connectivity index (χ1) is 13.1. The van der Waals surface area contributed by atoms with Gasteiger partial charge in [0.15, 0.2) is 0 Å². The van der Waals surface area contributed by atoms with Crippen molar-refractivity contribution >= 4 is 34.7 Å². The minimum Gasteiger partial charge on any atom is -0.300 e. The molecule has 0 N–H and O–H groups in total. The van der Waals surface area contributed by atoms with E-state index in [1.54, 1.807) is 6.92 Å². The number of Topliss-reactive ketones (excluding diaryl/α,β-unsaturated/α-hetero) is 6. The first kappa shape index (κ1) is 28.2. The molecule has 0 aromatic rings. The van der Waals surface area contributed by atoms with Crippen molar-refractivity contribution in [2.45, 2.75) is 81.1 Å². The molecule has 1 aliphatic carbocycles. The van der Waals surface area contributed by atoms with E-state index in [-0.39, 0.29) is 54.6 Å². The summed E-state index contributed by atoms with van der Waals surface area (Å²) in [6, 6.07) is 0. The van der Waals surface area contributed by atoms with Gasteiger partial charge in [-0.15, -0.1) is 0 Å². The molecule has 0 heterocycles. The van der Waals surface area contributed by atoms with Gasteiger partial charge in [0, 0.05) is 30.1 Å². The molecule has 1 saturated carbocycles. The second-order valence-electron chi connectivity index (χ2n) is 6.62. The van der Waals surface area contributed by atoms with Gasteiger partial charge >= 0.3 is 0 Å². The van der Waals surface area contributed by atoms with Crippen molar-refractivity contribution in [2.75, 3.05) is 0 Å². The second-order valence-corrected chi connectivity index (χ2v) is 6.62. The van der Waals surface area contributed by atoms with Gasteiger partial charge in [-0.05, 0) is 6.92 Å². The van der Waals surface area contributed by atoms with Crippen molar-refractivity contribution in [1.29, 1.82) is 0 Å². The number of hydrogen-bond acceptors (Lipinski definition) is 6. The van der Waals surface area contributed by atoms with Gasteiger partial charge in [0.25, 0.3) is 0 Å². The van der Waals surface area contributed by atoms with Gasteiger partial charge in [0.1, 0.15) is 34.7 Å². The van der Waals surface area contributed by atoms with Crippen molar-refractivity contribution in [3.05, 3.63) is 0 Å². The van der Waals surface area contributed by atoms with Crippen LogP contribution in [0.2, 0.25) is 0 Å². The summed E-state index contributed by atoms with van der Waals surface area (Å²) in [7, 11) is 0.